The van der Waals surface area contributed by atoms with E-state index in [1.807, 2.05) is 13.8 Å². The van der Waals surface area contributed by atoms with Crippen molar-refractivity contribution in [1.29, 1.82) is 0 Å². The van der Waals surface area contributed by atoms with Crippen LogP contribution < -0.4 is 11.3 Å². The molecule has 0 saturated carbocycles. The maximum Gasteiger partial charge on any atom is 0.341 e. The van der Waals surface area contributed by atoms with Crippen LogP contribution in [-0.2, 0) is 4.74 Å². The van der Waals surface area contributed by atoms with Crippen molar-refractivity contribution in [3.63, 3.8) is 0 Å². The first-order valence-electron chi connectivity index (χ1n) is 6.10. The van der Waals surface area contributed by atoms with E-state index < -0.39 is 5.97 Å². The number of hydrazine groups is 1. The largest absolute Gasteiger partial charge is 0.462 e. The summed E-state index contributed by atoms with van der Waals surface area (Å²) in [7, 11) is 0. The third-order valence-corrected chi connectivity index (χ3v) is 2.75. The molecule has 19 heavy (non-hydrogen) atoms. The summed E-state index contributed by atoms with van der Waals surface area (Å²) in [5.74, 6) is 5.06. The smallest absolute Gasteiger partial charge is 0.341 e. The molecule has 3 N–H and O–H groups in total. The fourth-order valence-electron chi connectivity index (χ4n) is 1.89. The van der Waals surface area contributed by atoms with E-state index in [1.54, 1.807) is 17.8 Å². The molecule has 2 aromatic heterocycles. The van der Waals surface area contributed by atoms with Crippen molar-refractivity contribution in [2.45, 2.75) is 26.8 Å². The number of nitrogens with zero attached hydrogens (tertiary/aromatic N) is 3. The van der Waals surface area contributed by atoms with Crippen LogP contribution in [0.3, 0.4) is 0 Å². The molecule has 0 atom stereocenters. The van der Waals surface area contributed by atoms with E-state index in [4.69, 9.17) is 10.6 Å². The molecule has 2 heterocycles. The van der Waals surface area contributed by atoms with Gasteiger partial charge in [0.05, 0.1) is 23.9 Å². The highest BCUT2D eigenvalue weighted by atomic mass is 16.5. The highest BCUT2D eigenvalue weighted by molar-refractivity contribution is 6.03. The Morgan fingerprint density at radius 3 is 2.84 bits per heavy atom. The minimum Gasteiger partial charge on any atom is -0.462 e. The average molecular weight is 263 g/mol. The number of hydrogen-bond acceptors (Lipinski definition) is 6. The molecule has 2 rings (SSSR count). The van der Waals surface area contributed by atoms with Gasteiger partial charge in [-0.15, -0.1) is 0 Å². The number of esters is 1. The predicted octanol–water partition coefficient (Wildman–Crippen LogP) is 1.47. The normalized spacial score (nSPS) is 11.0. The van der Waals surface area contributed by atoms with Crippen molar-refractivity contribution in [3.8, 4) is 0 Å². The Labute approximate surface area is 110 Å². The summed E-state index contributed by atoms with van der Waals surface area (Å²) in [5, 5.41) is 4.95. The number of carbonyl (C=O) groups is 1. The van der Waals surface area contributed by atoms with Gasteiger partial charge in [0, 0.05) is 12.2 Å². The molecule has 7 heteroatoms. The molecule has 0 bridgehead atoms. The predicted molar refractivity (Wildman–Crippen MR) is 71.7 cm³/mol. The molecule has 7 nitrogen and oxygen atoms in total. The Bertz CT molecular complexity index is 605. The molecule has 0 aliphatic carbocycles. The Morgan fingerprint density at radius 1 is 1.53 bits per heavy atom. The Morgan fingerprint density at radius 2 is 2.26 bits per heavy atom. The Balaban J connectivity index is 2.61. The van der Waals surface area contributed by atoms with Gasteiger partial charge in [0.2, 0.25) is 0 Å². The second-order valence-electron chi connectivity index (χ2n) is 4.33. The molecule has 0 unspecified atom stereocenters. The number of ether oxygens (including phenoxy) is 1. The van der Waals surface area contributed by atoms with Crippen molar-refractivity contribution in [2.75, 3.05) is 12.0 Å². The lowest BCUT2D eigenvalue weighted by Crippen LogP contribution is -2.15. The number of pyridine rings is 1. The number of nitrogens with two attached hydrogens (primary N) is 1. The van der Waals surface area contributed by atoms with Crippen LogP contribution in [-0.4, -0.2) is 27.3 Å². The van der Waals surface area contributed by atoms with E-state index in [2.05, 4.69) is 15.5 Å². The van der Waals surface area contributed by atoms with E-state index in [1.165, 1.54) is 6.20 Å². The first-order chi connectivity index (χ1) is 9.10. The fourth-order valence-corrected chi connectivity index (χ4v) is 1.89. The highest BCUT2D eigenvalue weighted by Gasteiger charge is 2.19. The number of nitrogen functional groups attached to an aromatic ring is 1. The number of nitrogens with one attached hydrogen (secondary N) is 1. The minimum atomic E-state index is -0.456. The minimum absolute atomic E-state index is 0.170. The van der Waals surface area contributed by atoms with Gasteiger partial charge in [-0.3, -0.25) is 5.84 Å². The van der Waals surface area contributed by atoms with Gasteiger partial charge < -0.3 is 10.2 Å². The number of carbonyl (C=O) groups excluding carboxylic acids is 1. The van der Waals surface area contributed by atoms with E-state index in [0.717, 1.165) is 0 Å². The highest BCUT2D eigenvalue weighted by Crippen LogP contribution is 2.26. The number of hydrogen-bond donors (Lipinski definition) is 2. The summed E-state index contributed by atoms with van der Waals surface area (Å²) in [6.07, 6.45) is 3.09. The zero-order valence-corrected chi connectivity index (χ0v) is 11.2. The zero-order valence-electron chi connectivity index (χ0n) is 11.2. The van der Waals surface area contributed by atoms with E-state index in [9.17, 15) is 4.79 Å². The second-order valence-corrected chi connectivity index (χ2v) is 4.33. The molecule has 0 amide bonds. The second kappa shape index (κ2) is 5.23. The summed E-state index contributed by atoms with van der Waals surface area (Å²) >= 11 is 0. The zero-order chi connectivity index (χ0) is 14.0. The molecular formula is C12H17N5O2. The summed E-state index contributed by atoms with van der Waals surface area (Å²) < 4.78 is 6.74. The number of anilines is 1. The lowest BCUT2D eigenvalue weighted by molar-refractivity contribution is 0.0527. The number of aromatic nitrogens is 3. The first kappa shape index (κ1) is 13.3. The van der Waals surface area contributed by atoms with Crippen LogP contribution >= 0.6 is 0 Å². The standard InChI is InChI=1S/C12H17N5O2/c1-4-19-12(18)9-5-14-11-8(10(9)16-13)6-15-17(11)7(2)3/h5-7H,4,13H2,1-3H3,(H,14,16). The third-order valence-electron chi connectivity index (χ3n) is 2.75. The van der Waals surface area contributed by atoms with Gasteiger partial charge in [-0.05, 0) is 20.8 Å². The number of fused-ring (bicyclic) bond motifs is 1. The fraction of sp³-hybridized carbons (Fsp3) is 0.417. The first-order valence-corrected chi connectivity index (χ1v) is 6.10. The molecule has 2 aromatic rings. The SMILES string of the molecule is CCOC(=O)c1cnc2c(cnn2C(C)C)c1NN. The van der Waals surface area contributed by atoms with Crippen LogP contribution in [0.4, 0.5) is 5.69 Å². The molecule has 0 saturated heterocycles. The maximum absolute atomic E-state index is 11.8. The third kappa shape index (κ3) is 2.24. The van der Waals surface area contributed by atoms with Gasteiger partial charge in [0.15, 0.2) is 5.65 Å². The molecule has 102 valence electrons. The van der Waals surface area contributed by atoms with Crippen molar-refractivity contribution >= 4 is 22.7 Å². The summed E-state index contributed by atoms with van der Waals surface area (Å²) in [6.45, 7) is 6.05. The van der Waals surface area contributed by atoms with Gasteiger partial charge in [-0.1, -0.05) is 0 Å². The lowest BCUT2D eigenvalue weighted by Gasteiger charge is -2.10. The summed E-state index contributed by atoms with van der Waals surface area (Å²) in [4.78, 5) is 16.1. The van der Waals surface area contributed by atoms with Gasteiger partial charge >= 0.3 is 5.97 Å². The topological polar surface area (TPSA) is 95.1 Å². The molecule has 0 aromatic carbocycles. The molecule has 0 aliphatic heterocycles. The summed E-state index contributed by atoms with van der Waals surface area (Å²) in [5.41, 5.74) is 4.00. The molecular weight excluding hydrogens is 246 g/mol. The van der Waals surface area contributed by atoms with Crippen molar-refractivity contribution in [3.05, 3.63) is 18.0 Å². The Hall–Kier alpha value is -2.15. The van der Waals surface area contributed by atoms with Crippen molar-refractivity contribution < 1.29 is 9.53 Å². The maximum atomic E-state index is 11.8. The molecule has 0 fully saturated rings. The van der Waals surface area contributed by atoms with Crippen LogP contribution in [0, 0.1) is 0 Å². The van der Waals surface area contributed by atoms with Crippen LogP contribution in [0.1, 0.15) is 37.2 Å². The van der Waals surface area contributed by atoms with E-state index in [-0.39, 0.29) is 6.04 Å². The van der Waals surface area contributed by atoms with E-state index >= 15 is 0 Å². The lowest BCUT2D eigenvalue weighted by atomic mass is 10.2. The summed E-state index contributed by atoms with van der Waals surface area (Å²) in [6, 6.07) is 0.170. The van der Waals surface area contributed by atoms with E-state index in [0.29, 0.717) is 28.9 Å². The molecule has 0 spiro atoms. The van der Waals surface area contributed by atoms with Gasteiger partial charge in [0.25, 0.3) is 0 Å². The van der Waals surface area contributed by atoms with Crippen LogP contribution in [0.25, 0.3) is 11.0 Å². The Kier molecular flexibility index (Phi) is 3.66. The van der Waals surface area contributed by atoms with Gasteiger partial charge in [-0.2, -0.15) is 5.10 Å². The van der Waals surface area contributed by atoms with Crippen LogP contribution in [0.15, 0.2) is 12.4 Å². The monoisotopic (exact) mass is 263 g/mol. The number of rotatable bonds is 4. The van der Waals surface area contributed by atoms with Gasteiger partial charge in [0.1, 0.15) is 5.56 Å². The van der Waals surface area contributed by atoms with Gasteiger partial charge in [-0.25, -0.2) is 14.5 Å². The van der Waals surface area contributed by atoms with Crippen molar-refractivity contribution in [2.24, 2.45) is 5.84 Å². The van der Waals surface area contributed by atoms with Crippen LogP contribution in [0.5, 0.6) is 0 Å². The van der Waals surface area contributed by atoms with Crippen LogP contribution in [0.2, 0.25) is 0 Å². The quantitative estimate of drug-likeness (QED) is 0.493. The molecule has 0 aliphatic rings. The average Bonchev–Trinajstić information content (AvgIpc) is 2.81. The van der Waals surface area contributed by atoms with Crippen molar-refractivity contribution in [1.82, 2.24) is 14.8 Å². The molecule has 0 radical (unpaired) electrons.